The van der Waals surface area contributed by atoms with E-state index < -0.39 is 6.10 Å². The van der Waals surface area contributed by atoms with Gasteiger partial charge in [0.15, 0.2) is 0 Å². The molecule has 2 heterocycles. The minimum absolute atomic E-state index is 0.0749. The fourth-order valence-corrected chi connectivity index (χ4v) is 2.01. The lowest BCUT2D eigenvalue weighted by molar-refractivity contribution is -0.135. The summed E-state index contributed by atoms with van der Waals surface area (Å²) in [5.41, 5.74) is 6.49. The Morgan fingerprint density at radius 2 is 2.26 bits per heavy atom. The Morgan fingerprint density at radius 1 is 1.47 bits per heavy atom. The molecule has 0 bridgehead atoms. The van der Waals surface area contributed by atoms with Crippen molar-refractivity contribution < 1.29 is 14.3 Å². The van der Waals surface area contributed by atoms with Gasteiger partial charge in [-0.15, -0.1) is 0 Å². The van der Waals surface area contributed by atoms with E-state index in [-0.39, 0.29) is 18.4 Å². The van der Waals surface area contributed by atoms with E-state index in [9.17, 15) is 9.59 Å². The lowest BCUT2D eigenvalue weighted by Gasteiger charge is -2.11. The average molecular weight is 266 g/mol. The molecule has 2 rings (SSSR count). The van der Waals surface area contributed by atoms with Crippen LogP contribution in [0.15, 0.2) is 6.07 Å². The zero-order chi connectivity index (χ0) is 13.8. The molecule has 1 unspecified atom stereocenters. The van der Waals surface area contributed by atoms with E-state index in [4.69, 9.17) is 4.74 Å². The van der Waals surface area contributed by atoms with Gasteiger partial charge in [0.25, 0.3) is 11.8 Å². The number of ether oxygens (including phenoxy) is 1. The molecule has 1 saturated heterocycles. The number of nitrogens with zero attached hydrogens (tertiary/aromatic N) is 2. The SMILES string of the molecule is Cc1cc(C)n(CC(=O)NNC(=O)C2CCCO2)n1. The molecule has 2 N–H and O–H groups in total. The monoisotopic (exact) mass is 266 g/mol. The molecule has 1 aliphatic heterocycles. The van der Waals surface area contributed by atoms with Crippen LogP contribution in [0.4, 0.5) is 0 Å². The standard InChI is InChI=1S/C12H18N4O3/c1-8-6-9(2)16(15-8)7-11(17)13-14-12(18)10-4-3-5-19-10/h6,10H,3-5,7H2,1-2H3,(H,13,17)(H,14,18). The molecule has 0 aromatic carbocycles. The number of amides is 2. The molecular weight excluding hydrogens is 248 g/mol. The van der Waals surface area contributed by atoms with Gasteiger partial charge in [0.1, 0.15) is 12.6 Å². The minimum atomic E-state index is -0.450. The topological polar surface area (TPSA) is 85.2 Å². The minimum Gasteiger partial charge on any atom is -0.368 e. The quantitative estimate of drug-likeness (QED) is 0.744. The van der Waals surface area contributed by atoms with Crippen LogP contribution in [0, 0.1) is 13.8 Å². The molecule has 7 nitrogen and oxygen atoms in total. The van der Waals surface area contributed by atoms with Crippen LogP contribution in [0.3, 0.4) is 0 Å². The number of carbonyl (C=O) groups excluding carboxylic acids is 2. The first kappa shape index (κ1) is 13.5. The fourth-order valence-electron chi connectivity index (χ4n) is 2.01. The van der Waals surface area contributed by atoms with E-state index in [1.807, 2.05) is 19.9 Å². The van der Waals surface area contributed by atoms with Crippen LogP contribution in [0.2, 0.25) is 0 Å². The third-order valence-corrected chi connectivity index (χ3v) is 2.94. The predicted octanol–water partition coefficient (Wildman–Crippen LogP) is -0.174. The van der Waals surface area contributed by atoms with Crippen molar-refractivity contribution in [2.45, 2.75) is 39.3 Å². The predicted molar refractivity (Wildman–Crippen MR) is 67.0 cm³/mol. The van der Waals surface area contributed by atoms with Gasteiger partial charge in [-0.25, -0.2) is 0 Å². The Bertz CT molecular complexity index is 477. The number of hydrogen-bond acceptors (Lipinski definition) is 4. The van der Waals surface area contributed by atoms with Crippen molar-refractivity contribution in [2.75, 3.05) is 6.61 Å². The molecule has 2 amide bonds. The van der Waals surface area contributed by atoms with Crippen molar-refractivity contribution in [3.63, 3.8) is 0 Å². The number of aromatic nitrogens is 2. The highest BCUT2D eigenvalue weighted by atomic mass is 16.5. The number of hydrogen-bond donors (Lipinski definition) is 2. The Morgan fingerprint density at radius 3 is 2.84 bits per heavy atom. The first-order chi connectivity index (χ1) is 9.06. The smallest absolute Gasteiger partial charge is 0.267 e. The zero-order valence-corrected chi connectivity index (χ0v) is 11.1. The van der Waals surface area contributed by atoms with Crippen LogP contribution >= 0.6 is 0 Å². The molecule has 7 heteroatoms. The van der Waals surface area contributed by atoms with Crippen molar-refractivity contribution in [2.24, 2.45) is 0 Å². The normalized spacial score (nSPS) is 18.3. The third-order valence-electron chi connectivity index (χ3n) is 2.94. The van der Waals surface area contributed by atoms with Gasteiger partial charge < -0.3 is 4.74 Å². The number of hydrazine groups is 1. The number of carbonyl (C=O) groups is 2. The Hall–Kier alpha value is -1.89. The number of rotatable bonds is 3. The Balaban J connectivity index is 1.78. The molecule has 1 aromatic heterocycles. The summed E-state index contributed by atoms with van der Waals surface area (Å²) >= 11 is 0. The van der Waals surface area contributed by atoms with Gasteiger partial charge in [-0.05, 0) is 32.8 Å². The van der Waals surface area contributed by atoms with Crippen LogP contribution < -0.4 is 10.9 Å². The summed E-state index contributed by atoms with van der Waals surface area (Å²) < 4.78 is 6.79. The highest BCUT2D eigenvalue weighted by Gasteiger charge is 2.23. The molecule has 1 aliphatic rings. The highest BCUT2D eigenvalue weighted by Crippen LogP contribution is 2.11. The van der Waals surface area contributed by atoms with Crippen LogP contribution in [0.1, 0.15) is 24.2 Å². The van der Waals surface area contributed by atoms with E-state index in [1.165, 1.54) is 0 Å². The van der Waals surface area contributed by atoms with Gasteiger partial charge in [-0.1, -0.05) is 0 Å². The van der Waals surface area contributed by atoms with E-state index >= 15 is 0 Å². The van der Waals surface area contributed by atoms with E-state index in [2.05, 4.69) is 16.0 Å². The largest absolute Gasteiger partial charge is 0.368 e. The van der Waals surface area contributed by atoms with Crippen molar-refractivity contribution in [3.8, 4) is 0 Å². The summed E-state index contributed by atoms with van der Waals surface area (Å²) in [6.45, 7) is 4.40. The van der Waals surface area contributed by atoms with Gasteiger partial charge in [-0.3, -0.25) is 25.1 Å². The first-order valence-electron chi connectivity index (χ1n) is 6.27. The van der Waals surface area contributed by atoms with Crippen molar-refractivity contribution in [1.82, 2.24) is 20.6 Å². The molecule has 1 aromatic rings. The number of nitrogens with one attached hydrogen (secondary N) is 2. The summed E-state index contributed by atoms with van der Waals surface area (Å²) in [6, 6.07) is 1.89. The van der Waals surface area contributed by atoms with E-state index in [1.54, 1.807) is 4.68 Å². The van der Waals surface area contributed by atoms with Crippen molar-refractivity contribution in [3.05, 3.63) is 17.5 Å². The summed E-state index contributed by atoms with van der Waals surface area (Å²) in [5.74, 6) is -0.628. The van der Waals surface area contributed by atoms with E-state index in [0.717, 1.165) is 17.8 Å². The Labute approximate surface area is 111 Å². The molecule has 104 valence electrons. The zero-order valence-electron chi connectivity index (χ0n) is 11.1. The van der Waals surface area contributed by atoms with Gasteiger partial charge in [0.05, 0.1) is 5.69 Å². The molecule has 0 spiro atoms. The second-order valence-electron chi connectivity index (χ2n) is 4.62. The maximum atomic E-state index is 11.7. The van der Waals surface area contributed by atoms with Crippen molar-refractivity contribution >= 4 is 11.8 Å². The van der Waals surface area contributed by atoms with E-state index in [0.29, 0.717) is 13.0 Å². The highest BCUT2D eigenvalue weighted by molar-refractivity contribution is 5.84. The lowest BCUT2D eigenvalue weighted by Crippen LogP contribution is -2.47. The van der Waals surface area contributed by atoms with Crippen molar-refractivity contribution in [1.29, 1.82) is 0 Å². The maximum Gasteiger partial charge on any atom is 0.267 e. The summed E-state index contributed by atoms with van der Waals surface area (Å²) in [7, 11) is 0. The van der Waals surface area contributed by atoms with Gasteiger partial charge in [0.2, 0.25) is 0 Å². The van der Waals surface area contributed by atoms with Gasteiger partial charge in [0, 0.05) is 12.3 Å². The van der Waals surface area contributed by atoms with Crippen LogP contribution in [0.5, 0.6) is 0 Å². The average Bonchev–Trinajstić information content (AvgIpc) is 2.97. The molecule has 0 radical (unpaired) electrons. The van der Waals surface area contributed by atoms with Crippen LogP contribution in [0.25, 0.3) is 0 Å². The second-order valence-corrected chi connectivity index (χ2v) is 4.62. The summed E-state index contributed by atoms with van der Waals surface area (Å²) in [5, 5.41) is 4.17. The third kappa shape index (κ3) is 3.54. The molecule has 19 heavy (non-hydrogen) atoms. The lowest BCUT2D eigenvalue weighted by atomic mass is 10.2. The Kier molecular flexibility index (Phi) is 4.16. The molecular formula is C12H18N4O3. The van der Waals surface area contributed by atoms with Crippen LogP contribution in [-0.2, 0) is 20.9 Å². The first-order valence-corrected chi connectivity index (χ1v) is 6.27. The van der Waals surface area contributed by atoms with Gasteiger partial charge >= 0.3 is 0 Å². The molecule has 0 aliphatic carbocycles. The maximum absolute atomic E-state index is 11.7. The summed E-state index contributed by atoms with van der Waals surface area (Å²) in [4.78, 5) is 23.3. The number of aryl methyl sites for hydroxylation is 2. The molecule has 0 saturated carbocycles. The fraction of sp³-hybridized carbons (Fsp3) is 0.583. The second kappa shape index (κ2) is 5.83. The molecule has 1 atom stereocenters. The van der Waals surface area contributed by atoms with Crippen LogP contribution in [-0.4, -0.2) is 34.3 Å². The van der Waals surface area contributed by atoms with Gasteiger partial charge in [-0.2, -0.15) is 5.10 Å². The summed E-state index contributed by atoms with van der Waals surface area (Å²) in [6.07, 6.45) is 1.12. The molecule has 1 fully saturated rings.